The second kappa shape index (κ2) is 7.78. The number of nitrogens with one attached hydrogen (secondary N) is 1. The van der Waals surface area contributed by atoms with Gasteiger partial charge in [-0.1, -0.05) is 29.3 Å². The molecule has 1 fully saturated rings. The molecular formula is C15H18Cl2N2O2. The van der Waals surface area contributed by atoms with Crippen LogP contribution >= 0.6 is 23.2 Å². The van der Waals surface area contributed by atoms with E-state index in [4.69, 9.17) is 23.2 Å². The van der Waals surface area contributed by atoms with Crippen molar-refractivity contribution in [1.29, 1.82) is 0 Å². The monoisotopic (exact) mass is 328 g/mol. The van der Waals surface area contributed by atoms with Crippen LogP contribution in [-0.4, -0.2) is 42.8 Å². The van der Waals surface area contributed by atoms with E-state index in [2.05, 4.69) is 5.32 Å². The van der Waals surface area contributed by atoms with Gasteiger partial charge in [0.2, 0.25) is 5.91 Å². The summed E-state index contributed by atoms with van der Waals surface area (Å²) in [7, 11) is 0. The molecule has 0 aromatic heterocycles. The first-order valence-electron chi connectivity index (χ1n) is 6.99. The molecule has 1 aromatic rings. The van der Waals surface area contributed by atoms with Crippen molar-refractivity contribution in [3.63, 3.8) is 0 Å². The van der Waals surface area contributed by atoms with Gasteiger partial charge in [0.25, 0.3) is 0 Å². The molecule has 0 saturated carbocycles. The van der Waals surface area contributed by atoms with Crippen LogP contribution < -0.4 is 5.32 Å². The largest absolute Gasteiger partial charge is 0.355 e. The normalized spacial score (nSPS) is 16.0. The van der Waals surface area contributed by atoms with E-state index in [9.17, 15) is 9.59 Å². The number of halogens is 2. The minimum atomic E-state index is -0.0190. The molecule has 0 radical (unpaired) electrons. The number of benzene rings is 1. The number of Topliss-reactive ketones (excluding diaryl/α,β-unsaturated/α-hetero) is 1. The summed E-state index contributed by atoms with van der Waals surface area (Å²) in [6.45, 7) is 2.24. The Morgan fingerprint density at radius 1 is 1.24 bits per heavy atom. The standard InChI is InChI=1S/C15H18Cl2N2O2/c16-12-2-1-11(14(17)9-12)3-6-18-15(21)10-19-7-4-13(20)5-8-19/h1-2,9H,3-8,10H2,(H,18,21). The van der Waals surface area contributed by atoms with Gasteiger partial charge in [-0.15, -0.1) is 0 Å². The zero-order valence-electron chi connectivity index (χ0n) is 11.7. The highest BCUT2D eigenvalue weighted by Crippen LogP contribution is 2.21. The maximum absolute atomic E-state index is 11.8. The van der Waals surface area contributed by atoms with Crippen LogP contribution in [0.5, 0.6) is 0 Å². The lowest BCUT2D eigenvalue weighted by Gasteiger charge is -2.24. The first kappa shape index (κ1) is 16.3. The summed E-state index contributed by atoms with van der Waals surface area (Å²) in [5, 5.41) is 4.10. The van der Waals surface area contributed by atoms with E-state index in [0.29, 0.717) is 55.5 Å². The Kier molecular flexibility index (Phi) is 6.03. The molecule has 2 rings (SSSR count). The third-order valence-electron chi connectivity index (χ3n) is 3.51. The summed E-state index contributed by atoms with van der Waals surface area (Å²) >= 11 is 11.9. The SMILES string of the molecule is O=C1CCN(CC(=O)NCCc2ccc(Cl)cc2Cl)CC1. The summed E-state index contributed by atoms with van der Waals surface area (Å²) in [6, 6.07) is 5.35. The van der Waals surface area contributed by atoms with Crippen LogP contribution in [0, 0.1) is 0 Å². The molecule has 0 unspecified atom stereocenters. The van der Waals surface area contributed by atoms with Gasteiger partial charge in [0.05, 0.1) is 6.54 Å². The molecular weight excluding hydrogens is 311 g/mol. The lowest BCUT2D eigenvalue weighted by molar-refractivity contribution is -0.126. The smallest absolute Gasteiger partial charge is 0.234 e. The molecule has 114 valence electrons. The molecule has 0 spiro atoms. The number of amides is 1. The van der Waals surface area contributed by atoms with Crippen molar-refractivity contribution in [2.75, 3.05) is 26.2 Å². The summed E-state index contributed by atoms with van der Waals surface area (Å²) in [6.07, 6.45) is 1.77. The van der Waals surface area contributed by atoms with Crippen LogP contribution in [0.1, 0.15) is 18.4 Å². The highest BCUT2D eigenvalue weighted by Gasteiger charge is 2.18. The van der Waals surface area contributed by atoms with Crippen LogP contribution in [0.3, 0.4) is 0 Å². The minimum absolute atomic E-state index is 0.0190. The van der Waals surface area contributed by atoms with Gasteiger partial charge in [0.15, 0.2) is 0 Å². The van der Waals surface area contributed by atoms with Crippen molar-refractivity contribution in [2.24, 2.45) is 0 Å². The zero-order valence-corrected chi connectivity index (χ0v) is 13.2. The third kappa shape index (κ3) is 5.30. The molecule has 1 saturated heterocycles. The molecule has 21 heavy (non-hydrogen) atoms. The molecule has 0 atom stereocenters. The van der Waals surface area contributed by atoms with Crippen molar-refractivity contribution in [2.45, 2.75) is 19.3 Å². The van der Waals surface area contributed by atoms with Crippen molar-refractivity contribution >= 4 is 34.9 Å². The maximum Gasteiger partial charge on any atom is 0.234 e. The summed E-state index contributed by atoms with van der Waals surface area (Å²) < 4.78 is 0. The minimum Gasteiger partial charge on any atom is -0.355 e. The predicted octanol–water partition coefficient (Wildman–Crippen LogP) is 2.32. The summed E-state index contributed by atoms with van der Waals surface area (Å²) in [5.41, 5.74) is 0.963. The Hall–Kier alpha value is -1.10. The number of hydrogen-bond acceptors (Lipinski definition) is 3. The molecule has 1 aliphatic rings. The topological polar surface area (TPSA) is 49.4 Å². The Balaban J connectivity index is 1.70. The van der Waals surface area contributed by atoms with E-state index in [-0.39, 0.29) is 11.7 Å². The number of nitrogens with zero attached hydrogens (tertiary/aromatic N) is 1. The Morgan fingerprint density at radius 3 is 2.62 bits per heavy atom. The van der Waals surface area contributed by atoms with Crippen LogP contribution in [0.25, 0.3) is 0 Å². The third-order valence-corrected chi connectivity index (χ3v) is 4.10. The number of hydrogen-bond donors (Lipinski definition) is 1. The van der Waals surface area contributed by atoms with Crippen molar-refractivity contribution in [3.8, 4) is 0 Å². The Bertz CT molecular complexity index is 524. The van der Waals surface area contributed by atoms with Crippen LogP contribution in [-0.2, 0) is 16.0 Å². The van der Waals surface area contributed by atoms with Crippen molar-refractivity contribution in [1.82, 2.24) is 10.2 Å². The van der Waals surface area contributed by atoms with Crippen LogP contribution in [0.2, 0.25) is 10.0 Å². The van der Waals surface area contributed by atoms with Gasteiger partial charge in [0, 0.05) is 42.5 Å². The number of piperidine rings is 1. The average Bonchev–Trinajstić information content (AvgIpc) is 2.44. The molecule has 1 N–H and O–H groups in total. The molecule has 4 nitrogen and oxygen atoms in total. The molecule has 1 aromatic carbocycles. The second-order valence-corrected chi connectivity index (χ2v) is 5.99. The van der Waals surface area contributed by atoms with E-state index in [1.54, 1.807) is 12.1 Å². The molecule has 0 aliphatic carbocycles. The van der Waals surface area contributed by atoms with E-state index in [1.165, 1.54) is 0 Å². The molecule has 0 bridgehead atoms. The van der Waals surface area contributed by atoms with Gasteiger partial charge in [-0.3, -0.25) is 14.5 Å². The van der Waals surface area contributed by atoms with E-state index < -0.39 is 0 Å². The van der Waals surface area contributed by atoms with E-state index in [1.807, 2.05) is 11.0 Å². The van der Waals surface area contributed by atoms with Crippen molar-refractivity contribution in [3.05, 3.63) is 33.8 Å². The first-order valence-corrected chi connectivity index (χ1v) is 7.75. The fourth-order valence-corrected chi connectivity index (χ4v) is 2.78. The zero-order chi connectivity index (χ0) is 15.2. The Labute approximate surface area is 134 Å². The number of ketones is 1. The highest BCUT2D eigenvalue weighted by atomic mass is 35.5. The maximum atomic E-state index is 11.8. The number of carbonyl (C=O) groups excluding carboxylic acids is 2. The molecule has 6 heteroatoms. The Morgan fingerprint density at radius 2 is 1.95 bits per heavy atom. The first-order chi connectivity index (χ1) is 10.0. The van der Waals surface area contributed by atoms with Crippen LogP contribution in [0.15, 0.2) is 18.2 Å². The van der Waals surface area contributed by atoms with E-state index in [0.717, 1.165) is 5.56 Å². The fraction of sp³-hybridized carbons (Fsp3) is 0.467. The number of rotatable bonds is 5. The second-order valence-electron chi connectivity index (χ2n) is 5.15. The van der Waals surface area contributed by atoms with Gasteiger partial charge >= 0.3 is 0 Å². The average molecular weight is 329 g/mol. The number of carbonyl (C=O) groups is 2. The quantitative estimate of drug-likeness (QED) is 0.902. The molecule has 1 heterocycles. The summed E-state index contributed by atoms with van der Waals surface area (Å²) in [4.78, 5) is 25.0. The number of likely N-dealkylation sites (tertiary alicyclic amines) is 1. The van der Waals surface area contributed by atoms with Gasteiger partial charge in [0.1, 0.15) is 5.78 Å². The van der Waals surface area contributed by atoms with E-state index >= 15 is 0 Å². The fourth-order valence-electron chi connectivity index (χ4n) is 2.28. The van der Waals surface area contributed by atoms with Crippen LogP contribution in [0.4, 0.5) is 0 Å². The van der Waals surface area contributed by atoms with Gasteiger partial charge in [-0.2, -0.15) is 0 Å². The van der Waals surface area contributed by atoms with Gasteiger partial charge in [-0.05, 0) is 24.1 Å². The highest BCUT2D eigenvalue weighted by molar-refractivity contribution is 6.35. The summed E-state index contributed by atoms with van der Waals surface area (Å²) in [5.74, 6) is 0.262. The van der Waals surface area contributed by atoms with Gasteiger partial charge < -0.3 is 5.32 Å². The molecule has 1 amide bonds. The predicted molar refractivity (Wildman–Crippen MR) is 83.9 cm³/mol. The lowest BCUT2D eigenvalue weighted by Crippen LogP contribution is -2.42. The lowest BCUT2D eigenvalue weighted by atomic mass is 10.1. The molecule has 1 aliphatic heterocycles. The van der Waals surface area contributed by atoms with Crippen molar-refractivity contribution < 1.29 is 9.59 Å². The van der Waals surface area contributed by atoms with Gasteiger partial charge in [-0.25, -0.2) is 0 Å².